The number of pyridine rings is 1. The molecule has 0 N–H and O–H groups in total. The van der Waals surface area contributed by atoms with Crippen LogP contribution in [-0.2, 0) is 0 Å². The lowest BCUT2D eigenvalue weighted by atomic mass is 10.3. The number of aryl methyl sites for hydroxylation is 1. The monoisotopic (exact) mass is 285 g/mol. The van der Waals surface area contributed by atoms with Crippen molar-refractivity contribution >= 4 is 28.9 Å². The van der Waals surface area contributed by atoms with Crippen molar-refractivity contribution in [2.45, 2.75) is 6.92 Å². The molecule has 1 aromatic rings. The van der Waals surface area contributed by atoms with Gasteiger partial charge < -0.3 is 17.3 Å². The first-order valence-electron chi connectivity index (χ1n) is 3.58. The summed E-state index contributed by atoms with van der Waals surface area (Å²) in [4.78, 5) is 6.93. The molecule has 3 nitrogen and oxygen atoms in total. The molecule has 0 saturated heterocycles. The van der Waals surface area contributed by atoms with Gasteiger partial charge in [-0.2, -0.15) is 0 Å². The molecule has 0 aliphatic heterocycles. The molecule has 0 saturated carbocycles. The summed E-state index contributed by atoms with van der Waals surface area (Å²) in [6.07, 6.45) is 1.50. The molecule has 0 aromatic carbocycles. The first kappa shape index (κ1) is 13.8. The van der Waals surface area contributed by atoms with E-state index in [9.17, 15) is 17.3 Å². The van der Waals surface area contributed by atoms with Crippen LogP contribution in [0.4, 0.5) is 23.0 Å². The van der Waals surface area contributed by atoms with E-state index in [4.69, 9.17) is 5.39 Å². The normalized spacial score (nSPS) is 9.93. The first-order valence-corrected chi connectivity index (χ1v) is 4.38. The van der Waals surface area contributed by atoms with E-state index in [-0.39, 0.29) is 0 Å². The third-order valence-electron chi connectivity index (χ3n) is 1.08. The van der Waals surface area contributed by atoms with E-state index in [0.29, 0.717) is 5.69 Å². The SMILES string of the molecule is Cc1cc(Br)c([N+]#N)cn1.F[B-](F)(F)F. The Morgan fingerprint density at radius 2 is 1.87 bits per heavy atom. The third-order valence-corrected chi connectivity index (χ3v) is 1.71. The maximum atomic E-state index is 9.75. The predicted octanol–water partition coefficient (Wildman–Crippen LogP) is 3.94. The second-order valence-electron chi connectivity index (χ2n) is 2.37. The number of diazo groups is 1. The van der Waals surface area contributed by atoms with Gasteiger partial charge in [0.15, 0.2) is 4.98 Å². The van der Waals surface area contributed by atoms with Crippen LogP contribution in [0.3, 0.4) is 0 Å². The van der Waals surface area contributed by atoms with Gasteiger partial charge in [-0.25, -0.2) is 0 Å². The number of aromatic nitrogens is 1. The van der Waals surface area contributed by atoms with Gasteiger partial charge in [0.1, 0.15) is 10.7 Å². The van der Waals surface area contributed by atoms with Crippen molar-refractivity contribution in [2.75, 3.05) is 0 Å². The van der Waals surface area contributed by atoms with Gasteiger partial charge in [0, 0.05) is 5.69 Å². The fraction of sp³-hybridized carbons (Fsp3) is 0.167. The molecule has 0 radical (unpaired) electrons. The number of nitrogens with zero attached hydrogens (tertiary/aromatic N) is 3. The van der Waals surface area contributed by atoms with Gasteiger partial charge in [0.25, 0.3) is 0 Å². The van der Waals surface area contributed by atoms with E-state index < -0.39 is 7.25 Å². The number of hydrogen-bond acceptors (Lipinski definition) is 2. The molecule has 0 aliphatic rings. The lowest BCUT2D eigenvalue weighted by molar-refractivity contribution is 0.368. The molecule has 0 aliphatic carbocycles. The van der Waals surface area contributed by atoms with Crippen molar-refractivity contribution in [2.24, 2.45) is 0 Å². The Morgan fingerprint density at radius 1 is 1.40 bits per heavy atom. The smallest absolute Gasteiger partial charge is 0.418 e. The number of hydrogen-bond donors (Lipinski definition) is 0. The second kappa shape index (κ2) is 5.65. The third kappa shape index (κ3) is 7.87. The van der Waals surface area contributed by atoms with Crippen LogP contribution in [0.1, 0.15) is 5.69 Å². The van der Waals surface area contributed by atoms with Crippen molar-refractivity contribution in [1.29, 1.82) is 5.39 Å². The molecule has 0 unspecified atom stereocenters. The molecule has 0 atom stereocenters. The highest BCUT2D eigenvalue weighted by molar-refractivity contribution is 9.10. The standard InChI is InChI=1S/C6H5BrN3.BF4/c1-4-2-5(7)6(10-8)3-9-4;2-1(3,4)5/h2-3H,1H3;/q+1;-1. The zero-order valence-electron chi connectivity index (χ0n) is 7.46. The van der Waals surface area contributed by atoms with Crippen LogP contribution in [0.2, 0.25) is 0 Å². The molecule has 0 amide bonds. The summed E-state index contributed by atoms with van der Waals surface area (Å²) in [5.41, 5.74) is 1.34. The fourth-order valence-electron chi connectivity index (χ4n) is 0.593. The summed E-state index contributed by atoms with van der Waals surface area (Å²) in [5.74, 6) is 0. The van der Waals surface area contributed by atoms with Crippen LogP contribution in [0, 0.1) is 12.3 Å². The zero-order chi connectivity index (χ0) is 12.1. The topological polar surface area (TPSA) is 41.0 Å². The highest BCUT2D eigenvalue weighted by atomic mass is 79.9. The molecular weight excluding hydrogens is 281 g/mol. The van der Waals surface area contributed by atoms with Crippen LogP contribution in [-0.4, -0.2) is 12.2 Å². The minimum absolute atomic E-state index is 0.450. The quantitative estimate of drug-likeness (QED) is 0.412. The Morgan fingerprint density at radius 3 is 2.20 bits per heavy atom. The van der Waals surface area contributed by atoms with Crippen molar-refractivity contribution in [3.63, 3.8) is 0 Å². The molecule has 0 fully saturated rings. The first-order chi connectivity index (χ1) is 6.74. The van der Waals surface area contributed by atoms with E-state index in [1.165, 1.54) is 6.20 Å². The Bertz CT molecular complexity index is 370. The highest BCUT2D eigenvalue weighted by Crippen LogP contribution is 2.23. The lowest BCUT2D eigenvalue weighted by Gasteiger charge is -1.94. The number of halogens is 5. The molecule has 15 heavy (non-hydrogen) atoms. The summed E-state index contributed by atoms with van der Waals surface area (Å²) < 4.78 is 39.8. The maximum Gasteiger partial charge on any atom is 0.673 e. The van der Waals surface area contributed by atoms with Gasteiger partial charge in [-0.05, 0) is 28.9 Å². The minimum Gasteiger partial charge on any atom is -0.418 e. The van der Waals surface area contributed by atoms with Gasteiger partial charge in [-0.15, -0.1) is 0 Å². The van der Waals surface area contributed by atoms with Crippen molar-refractivity contribution < 1.29 is 17.3 Å². The largest absolute Gasteiger partial charge is 0.673 e. The molecule has 82 valence electrons. The molecule has 1 aromatic heterocycles. The van der Waals surface area contributed by atoms with Crippen molar-refractivity contribution in [3.05, 3.63) is 27.4 Å². The van der Waals surface area contributed by atoms with E-state index in [1.54, 1.807) is 6.07 Å². The van der Waals surface area contributed by atoms with E-state index in [0.717, 1.165) is 10.2 Å². The summed E-state index contributed by atoms with van der Waals surface area (Å²) in [5, 5.41) is 8.36. The van der Waals surface area contributed by atoms with Crippen molar-refractivity contribution in [3.8, 4) is 0 Å². The molecule has 0 bridgehead atoms. The Kier molecular flexibility index (Phi) is 5.21. The highest BCUT2D eigenvalue weighted by Gasteiger charge is 2.20. The van der Waals surface area contributed by atoms with Crippen LogP contribution in [0.25, 0.3) is 4.98 Å². The van der Waals surface area contributed by atoms with Crippen molar-refractivity contribution in [1.82, 2.24) is 4.98 Å². The molecule has 0 spiro atoms. The number of rotatable bonds is 0. The van der Waals surface area contributed by atoms with E-state index >= 15 is 0 Å². The summed E-state index contributed by atoms with van der Waals surface area (Å²) in [6, 6.07) is 1.79. The van der Waals surface area contributed by atoms with Crippen LogP contribution >= 0.6 is 15.9 Å². The Labute approximate surface area is 91.4 Å². The van der Waals surface area contributed by atoms with Crippen LogP contribution in [0.15, 0.2) is 16.7 Å². The molecule has 1 rings (SSSR count). The average molecular weight is 286 g/mol. The van der Waals surface area contributed by atoms with Gasteiger partial charge in [0.05, 0.1) is 0 Å². The zero-order valence-corrected chi connectivity index (χ0v) is 9.05. The minimum atomic E-state index is -6.00. The van der Waals surface area contributed by atoms with E-state index in [2.05, 4.69) is 25.9 Å². The average Bonchev–Trinajstić information content (AvgIpc) is 2.01. The van der Waals surface area contributed by atoms with Gasteiger partial charge in [-0.1, -0.05) is 0 Å². The summed E-state index contributed by atoms with van der Waals surface area (Å²) >= 11 is 3.21. The van der Waals surface area contributed by atoms with Gasteiger partial charge in [-0.3, -0.25) is 4.98 Å². The van der Waals surface area contributed by atoms with Gasteiger partial charge in [0.2, 0.25) is 5.39 Å². The van der Waals surface area contributed by atoms with E-state index in [1.807, 2.05) is 6.92 Å². The summed E-state index contributed by atoms with van der Waals surface area (Å²) in [7, 11) is -6.00. The summed E-state index contributed by atoms with van der Waals surface area (Å²) in [6.45, 7) is 1.87. The van der Waals surface area contributed by atoms with Gasteiger partial charge >= 0.3 is 12.9 Å². The lowest BCUT2D eigenvalue weighted by Crippen LogP contribution is -2.02. The Hall–Kier alpha value is -1.17. The Balaban J connectivity index is 0.000000336. The fourth-order valence-corrected chi connectivity index (χ4v) is 1.11. The predicted molar refractivity (Wildman–Crippen MR) is 51.6 cm³/mol. The molecular formula is C6H5BBrF4N3. The maximum absolute atomic E-state index is 9.75. The van der Waals surface area contributed by atoms with Crippen LogP contribution < -0.4 is 0 Å². The molecule has 1 heterocycles. The molecule has 9 heteroatoms. The van der Waals surface area contributed by atoms with Crippen LogP contribution in [0.5, 0.6) is 0 Å². The second-order valence-corrected chi connectivity index (χ2v) is 3.23.